The molecule has 0 bridgehead atoms. The van der Waals surface area contributed by atoms with Crippen molar-refractivity contribution in [1.29, 1.82) is 0 Å². The molecule has 2 amide bonds. The zero-order chi connectivity index (χ0) is 13.7. The molecular formula is C14H18N2O3. The molecular weight excluding hydrogens is 244 g/mol. The summed E-state index contributed by atoms with van der Waals surface area (Å²) < 4.78 is 5.13. The second-order valence-corrected chi connectivity index (χ2v) is 4.51. The first-order valence-corrected chi connectivity index (χ1v) is 6.46. The van der Waals surface area contributed by atoms with Crippen LogP contribution in [0.3, 0.4) is 0 Å². The Morgan fingerprint density at radius 2 is 2.32 bits per heavy atom. The number of nitrogens with one attached hydrogen (secondary N) is 1. The number of furan rings is 1. The van der Waals surface area contributed by atoms with Gasteiger partial charge in [-0.25, -0.2) is 0 Å². The summed E-state index contributed by atoms with van der Waals surface area (Å²) in [5.74, 6) is 0.381. The van der Waals surface area contributed by atoms with Crippen molar-refractivity contribution in [2.75, 3.05) is 13.6 Å². The fraction of sp³-hybridized carbons (Fsp3) is 0.429. The van der Waals surface area contributed by atoms with Crippen LogP contribution in [0.1, 0.15) is 25.0 Å². The van der Waals surface area contributed by atoms with Gasteiger partial charge in [0.15, 0.2) is 0 Å². The van der Waals surface area contributed by atoms with Gasteiger partial charge in [-0.05, 0) is 37.5 Å². The molecule has 5 nitrogen and oxygen atoms in total. The van der Waals surface area contributed by atoms with E-state index in [-0.39, 0.29) is 17.9 Å². The second-order valence-electron chi connectivity index (χ2n) is 4.51. The number of likely N-dealkylation sites (tertiary alicyclic amines) is 1. The van der Waals surface area contributed by atoms with Crippen LogP contribution >= 0.6 is 0 Å². The van der Waals surface area contributed by atoms with Crippen molar-refractivity contribution in [3.63, 3.8) is 0 Å². The number of rotatable bonds is 3. The van der Waals surface area contributed by atoms with Gasteiger partial charge in [-0.2, -0.15) is 0 Å². The van der Waals surface area contributed by atoms with Crippen LogP contribution in [0, 0.1) is 0 Å². The van der Waals surface area contributed by atoms with Crippen LogP contribution in [0.2, 0.25) is 0 Å². The Bertz CT molecular complexity index is 465. The Hall–Kier alpha value is -2.04. The summed E-state index contributed by atoms with van der Waals surface area (Å²) >= 11 is 0. The Morgan fingerprint density at radius 3 is 3.00 bits per heavy atom. The molecule has 1 aromatic rings. The molecule has 1 unspecified atom stereocenters. The molecule has 1 aromatic heterocycles. The number of piperidine rings is 1. The fourth-order valence-electron chi connectivity index (χ4n) is 2.27. The normalized spacial score (nSPS) is 19.6. The minimum absolute atomic E-state index is 0.0977. The van der Waals surface area contributed by atoms with Gasteiger partial charge in [-0.3, -0.25) is 9.59 Å². The zero-order valence-electron chi connectivity index (χ0n) is 11.0. The lowest BCUT2D eigenvalue weighted by Crippen LogP contribution is -2.50. The van der Waals surface area contributed by atoms with Crippen LogP contribution < -0.4 is 5.32 Å². The summed E-state index contributed by atoms with van der Waals surface area (Å²) in [5.41, 5.74) is 0. The van der Waals surface area contributed by atoms with Crippen molar-refractivity contribution in [1.82, 2.24) is 10.2 Å². The van der Waals surface area contributed by atoms with E-state index in [2.05, 4.69) is 5.32 Å². The van der Waals surface area contributed by atoms with E-state index in [0.717, 1.165) is 19.3 Å². The number of carbonyl (C=O) groups excluding carboxylic acids is 2. The molecule has 0 spiro atoms. The van der Waals surface area contributed by atoms with Gasteiger partial charge in [0, 0.05) is 19.7 Å². The van der Waals surface area contributed by atoms with Crippen molar-refractivity contribution < 1.29 is 14.0 Å². The molecule has 1 aliphatic rings. The third-order valence-corrected chi connectivity index (χ3v) is 3.27. The number of hydrogen-bond acceptors (Lipinski definition) is 3. The predicted octanol–water partition coefficient (Wildman–Crippen LogP) is 1.42. The number of likely N-dealkylation sites (N-methyl/N-ethyl adjacent to an activating group) is 1. The molecule has 2 rings (SSSR count). The van der Waals surface area contributed by atoms with Crippen molar-refractivity contribution in [3.8, 4) is 0 Å². The van der Waals surface area contributed by atoms with Crippen molar-refractivity contribution in [3.05, 3.63) is 30.2 Å². The summed E-state index contributed by atoms with van der Waals surface area (Å²) in [6.45, 7) is 0.624. The summed E-state index contributed by atoms with van der Waals surface area (Å²) in [6, 6.07) is 3.18. The van der Waals surface area contributed by atoms with E-state index in [0.29, 0.717) is 12.3 Å². The molecule has 102 valence electrons. The maximum Gasteiger partial charge on any atom is 0.247 e. The van der Waals surface area contributed by atoms with Crippen LogP contribution in [0.5, 0.6) is 0 Å². The maximum atomic E-state index is 12.1. The standard InChI is InChI=1S/C14H18N2O3/c1-15-14(18)12-6-2-3-9-16(12)13(17)8-7-11-5-4-10-19-11/h4-5,7-8,10,12H,2-3,6,9H2,1H3,(H,15,18)/b8-7+. The topological polar surface area (TPSA) is 62.6 Å². The van der Waals surface area contributed by atoms with E-state index in [4.69, 9.17) is 4.42 Å². The van der Waals surface area contributed by atoms with E-state index < -0.39 is 0 Å². The average molecular weight is 262 g/mol. The molecule has 0 aliphatic carbocycles. The van der Waals surface area contributed by atoms with Crippen molar-refractivity contribution in [2.45, 2.75) is 25.3 Å². The third kappa shape index (κ3) is 3.24. The molecule has 0 aromatic carbocycles. The maximum absolute atomic E-state index is 12.1. The summed E-state index contributed by atoms with van der Waals surface area (Å²) in [6.07, 6.45) is 7.27. The van der Waals surface area contributed by atoms with Crippen LogP contribution in [-0.2, 0) is 9.59 Å². The van der Waals surface area contributed by atoms with Gasteiger partial charge < -0.3 is 14.6 Å². The van der Waals surface area contributed by atoms with Crippen molar-refractivity contribution in [2.24, 2.45) is 0 Å². The molecule has 1 fully saturated rings. The van der Waals surface area contributed by atoms with E-state index >= 15 is 0 Å². The van der Waals surface area contributed by atoms with Crippen LogP contribution in [0.15, 0.2) is 28.9 Å². The third-order valence-electron chi connectivity index (χ3n) is 3.27. The molecule has 1 atom stereocenters. The Kier molecular flexibility index (Phi) is 4.39. The number of hydrogen-bond donors (Lipinski definition) is 1. The fourth-order valence-corrected chi connectivity index (χ4v) is 2.27. The van der Waals surface area contributed by atoms with E-state index in [1.165, 1.54) is 6.08 Å². The Morgan fingerprint density at radius 1 is 1.47 bits per heavy atom. The molecule has 1 saturated heterocycles. The van der Waals surface area contributed by atoms with E-state index in [9.17, 15) is 9.59 Å². The highest BCUT2D eigenvalue weighted by Gasteiger charge is 2.30. The van der Waals surface area contributed by atoms with Crippen LogP contribution in [0.25, 0.3) is 6.08 Å². The highest BCUT2D eigenvalue weighted by molar-refractivity contribution is 5.95. The summed E-state index contributed by atoms with van der Waals surface area (Å²) in [5, 5.41) is 2.61. The van der Waals surface area contributed by atoms with Gasteiger partial charge in [-0.15, -0.1) is 0 Å². The predicted molar refractivity (Wildman–Crippen MR) is 71.2 cm³/mol. The molecule has 1 aliphatic heterocycles. The first kappa shape index (κ1) is 13.4. The Labute approximate surface area is 112 Å². The monoisotopic (exact) mass is 262 g/mol. The molecule has 1 N–H and O–H groups in total. The van der Waals surface area contributed by atoms with Crippen LogP contribution in [-0.4, -0.2) is 36.3 Å². The lowest BCUT2D eigenvalue weighted by Gasteiger charge is -2.33. The van der Waals surface area contributed by atoms with Gasteiger partial charge in [-0.1, -0.05) is 0 Å². The van der Waals surface area contributed by atoms with Crippen LogP contribution in [0.4, 0.5) is 0 Å². The van der Waals surface area contributed by atoms with Gasteiger partial charge in [0.2, 0.25) is 11.8 Å². The summed E-state index contributed by atoms with van der Waals surface area (Å²) in [7, 11) is 1.60. The Balaban J connectivity index is 2.05. The second kappa shape index (κ2) is 6.22. The molecule has 5 heteroatoms. The average Bonchev–Trinajstić information content (AvgIpc) is 2.97. The molecule has 0 saturated carbocycles. The lowest BCUT2D eigenvalue weighted by atomic mass is 10.0. The van der Waals surface area contributed by atoms with Gasteiger partial charge in [0.25, 0.3) is 0 Å². The first-order chi connectivity index (χ1) is 9.22. The molecule has 0 radical (unpaired) electrons. The largest absolute Gasteiger partial charge is 0.465 e. The first-order valence-electron chi connectivity index (χ1n) is 6.46. The summed E-state index contributed by atoms with van der Waals surface area (Å²) in [4.78, 5) is 25.5. The van der Waals surface area contributed by atoms with Gasteiger partial charge in [0.05, 0.1) is 6.26 Å². The highest BCUT2D eigenvalue weighted by Crippen LogP contribution is 2.18. The van der Waals surface area contributed by atoms with Crippen molar-refractivity contribution >= 4 is 17.9 Å². The zero-order valence-corrected chi connectivity index (χ0v) is 11.0. The minimum Gasteiger partial charge on any atom is -0.465 e. The minimum atomic E-state index is -0.354. The highest BCUT2D eigenvalue weighted by atomic mass is 16.3. The number of carbonyl (C=O) groups is 2. The smallest absolute Gasteiger partial charge is 0.247 e. The van der Waals surface area contributed by atoms with Gasteiger partial charge >= 0.3 is 0 Å². The number of amides is 2. The molecule has 19 heavy (non-hydrogen) atoms. The SMILES string of the molecule is CNC(=O)C1CCCCN1C(=O)/C=C/c1ccco1. The quantitative estimate of drug-likeness (QED) is 0.838. The number of nitrogens with zero attached hydrogens (tertiary/aromatic N) is 1. The lowest BCUT2D eigenvalue weighted by molar-refractivity contribution is -0.138. The van der Waals surface area contributed by atoms with E-state index in [1.807, 2.05) is 0 Å². The van der Waals surface area contributed by atoms with Gasteiger partial charge in [0.1, 0.15) is 11.8 Å². The van der Waals surface area contributed by atoms with E-state index in [1.54, 1.807) is 36.4 Å². The molecule has 2 heterocycles.